The fraction of sp³-hybridized carbons (Fsp3) is 0. The summed E-state index contributed by atoms with van der Waals surface area (Å²) in [6, 6.07) is 1.79. The minimum atomic E-state index is 0.397. The van der Waals surface area contributed by atoms with E-state index in [1.54, 1.807) is 18.5 Å². The van der Waals surface area contributed by atoms with E-state index in [0.717, 1.165) is 0 Å². The summed E-state index contributed by atoms with van der Waals surface area (Å²) in [5, 5.41) is 14.8. The highest BCUT2D eigenvalue weighted by molar-refractivity contribution is 5.61. The molecule has 7 heteroatoms. The molecule has 0 saturated heterocycles. The van der Waals surface area contributed by atoms with Crippen LogP contribution in [0, 0.1) is 0 Å². The standard InChI is InChI=1S/C9H5N5O2/c1-6(8-13-11-4-15-8)2-10-3-7(1)9-14-12-5-16-9/h1-5H. The Labute approximate surface area is 89.2 Å². The number of nitrogens with zero attached hydrogens (tertiary/aromatic N) is 5. The molecule has 0 saturated carbocycles. The molecule has 3 aromatic rings. The fourth-order valence-electron chi connectivity index (χ4n) is 1.27. The summed E-state index contributed by atoms with van der Waals surface area (Å²) in [6.45, 7) is 0. The monoisotopic (exact) mass is 215 g/mol. The third kappa shape index (κ3) is 1.44. The predicted molar refractivity (Wildman–Crippen MR) is 50.8 cm³/mol. The molecule has 0 bridgehead atoms. The van der Waals surface area contributed by atoms with Crippen molar-refractivity contribution in [3.63, 3.8) is 0 Å². The summed E-state index contributed by atoms with van der Waals surface area (Å²) in [5.41, 5.74) is 1.40. The summed E-state index contributed by atoms with van der Waals surface area (Å²) in [5.74, 6) is 0.794. The van der Waals surface area contributed by atoms with Gasteiger partial charge in [-0.15, -0.1) is 20.4 Å². The molecule has 78 valence electrons. The van der Waals surface area contributed by atoms with Crippen molar-refractivity contribution in [2.45, 2.75) is 0 Å². The van der Waals surface area contributed by atoms with Crippen LogP contribution in [0.5, 0.6) is 0 Å². The molecule has 0 N–H and O–H groups in total. The fourth-order valence-corrected chi connectivity index (χ4v) is 1.27. The first-order chi connectivity index (χ1) is 7.93. The van der Waals surface area contributed by atoms with Gasteiger partial charge in [0.25, 0.3) is 0 Å². The van der Waals surface area contributed by atoms with Crippen LogP contribution in [0.15, 0.2) is 40.1 Å². The van der Waals surface area contributed by atoms with E-state index in [2.05, 4.69) is 25.4 Å². The SMILES string of the molecule is c1nnc(-c2cncc(-c3nnco3)c2)o1. The van der Waals surface area contributed by atoms with Crippen molar-refractivity contribution >= 4 is 0 Å². The van der Waals surface area contributed by atoms with Gasteiger partial charge in [-0.3, -0.25) is 4.98 Å². The lowest BCUT2D eigenvalue weighted by Gasteiger charge is -1.96. The molecule has 0 aliphatic rings. The Bertz CT molecular complexity index is 526. The van der Waals surface area contributed by atoms with Crippen LogP contribution in [-0.4, -0.2) is 25.4 Å². The molecular formula is C9H5N5O2. The van der Waals surface area contributed by atoms with Crippen LogP contribution in [0.2, 0.25) is 0 Å². The normalized spacial score (nSPS) is 10.5. The molecule has 3 rings (SSSR count). The van der Waals surface area contributed by atoms with Crippen molar-refractivity contribution < 1.29 is 8.83 Å². The van der Waals surface area contributed by atoms with Crippen LogP contribution in [0.1, 0.15) is 0 Å². The number of hydrogen-bond acceptors (Lipinski definition) is 7. The Balaban J connectivity index is 2.07. The minimum absolute atomic E-state index is 0.397. The van der Waals surface area contributed by atoms with E-state index in [4.69, 9.17) is 8.83 Å². The molecule has 0 unspecified atom stereocenters. The van der Waals surface area contributed by atoms with Crippen molar-refractivity contribution in [1.29, 1.82) is 0 Å². The highest BCUT2D eigenvalue weighted by atomic mass is 16.4. The molecule has 3 heterocycles. The Morgan fingerprint density at radius 3 is 1.81 bits per heavy atom. The Hall–Kier alpha value is -2.57. The Morgan fingerprint density at radius 2 is 1.38 bits per heavy atom. The smallest absolute Gasteiger partial charge is 0.249 e. The quantitative estimate of drug-likeness (QED) is 0.633. The number of aromatic nitrogens is 5. The van der Waals surface area contributed by atoms with E-state index in [-0.39, 0.29) is 0 Å². The lowest BCUT2D eigenvalue weighted by Crippen LogP contribution is -1.84. The van der Waals surface area contributed by atoms with E-state index in [0.29, 0.717) is 22.9 Å². The summed E-state index contributed by atoms with van der Waals surface area (Å²) in [7, 11) is 0. The molecule has 0 aliphatic carbocycles. The van der Waals surface area contributed by atoms with Gasteiger partial charge in [0.05, 0.1) is 11.1 Å². The average Bonchev–Trinajstić information content (AvgIpc) is 3.03. The minimum Gasteiger partial charge on any atom is -0.423 e. The zero-order valence-electron chi connectivity index (χ0n) is 7.94. The molecular weight excluding hydrogens is 210 g/mol. The van der Waals surface area contributed by atoms with Gasteiger partial charge >= 0.3 is 0 Å². The largest absolute Gasteiger partial charge is 0.423 e. The predicted octanol–water partition coefficient (Wildman–Crippen LogP) is 1.18. The lowest BCUT2D eigenvalue weighted by atomic mass is 10.2. The number of pyridine rings is 1. The first kappa shape index (κ1) is 8.72. The molecule has 0 aromatic carbocycles. The van der Waals surface area contributed by atoms with Gasteiger partial charge in [-0.05, 0) is 6.07 Å². The first-order valence-electron chi connectivity index (χ1n) is 4.41. The van der Waals surface area contributed by atoms with Gasteiger partial charge in [0, 0.05) is 12.4 Å². The molecule has 0 amide bonds. The molecule has 0 atom stereocenters. The van der Waals surface area contributed by atoms with Gasteiger partial charge in [-0.2, -0.15) is 0 Å². The topological polar surface area (TPSA) is 90.7 Å². The maximum Gasteiger partial charge on any atom is 0.249 e. The van der Waals surface area contributed by atoms with Crippen molar-refractivity contribution in [2.24, 2.45) is 0 Å². The second-order valence-electron chi connectivity index (χ2n) is 2.95. The maximum atomic E-state index is 5.06. The Morgan fingerprint density at radius 1 is 0.812 bits per heavy atom. The molecule has 0 radical (unpaired) electrons. The van der Waals surface area contributed by atoms with Crippen LogP contribution in [0.25, 0.3) is 22.9 Å². The second kappa shape index (κ2) is 3.54. The van der Waals surface area contributed by atoms with Crippen LogP contribution in [0.4, 0.5) is 0 Å². The molecule has 16 heavy (non-hydrogen) atoms. The van der Waals surface area contributed by atoms with Crippen molar-refractivity contribution in [3.05, 3.63) is 31.2 Å². The van der Waals surface area contributed by atoms with Gasteiger partial charge in [0.15, 0.2) is 0 Å². The van der Waals surface area contributed by atoms with Crippen LogP contribution >= 0.6 is 0 Å². The van der Waals surface area contributed by atoms with Crippen molar-refractivity contribution in [3.8, 4) is 22.9 Å². The van der Waals surface area contributed by atoms with Crippen molar-refractivity contribution in [1.82, 2.24) is 25.4 Å². The summed E-state index contributed by atoms with van der Waals surface area (Å²) >= 11 is 0. The molecule has 0 aliphatic heterocycles. The highest BCUT2D eigenvalue weighted by Crippen LogP contribution is 2.21. The number of rotatable bonds is 2. The summed E-state index contributed by atoms with van der Waals surface area (Å²) in [4.78, 5) is 4.04. The summed E-state index contributed by atoms with van der Waals surface area (Å²) < 4.78 is 10.1. The highest BCUT2D eigenvalue weighted by Gasteiger charge is 2.08. The first-order valence-corrected chi connectivity index (χ1v) is 4.41. The van der Waals surface area contributed by atoms with E-state index in [1.165, 1.54) is 12.8 Å². The van der Waals surface area contributed by atoms with Crippen molar-refractivity contribution in [2.75, 3.05) is 0 Å². The third-order valence-electron chi connectivity index (χ3n) is 1.95. The average molecular weight is 215 g/mol. The van der Waals surface area contributed by atoms with Crippen LogP contribution in [0.3, 0.4) is 0 Å². The van der Waals surface area contributed by atoms with E-state index < -0.39 is 0 Å². The number of hydrogen-bond donors (Lipinski definition) is 0. The van der Waals surface area contributed by atoms with E-state index in [9.17, 15) is 0 Å². The van der Waals surface area contributed by atoms with Gasteiger partial charge in [-0.1, -0.05) is 0 Å². The zero-order valence-corrected chi connectivity index (χ0v) is 7.94. The molecule has 3 aromatic heterocycles. The van der Waals surface area contributed by atoms with Gasteiger partial charge in [0.1, 0.15) is 0 Å². The van der Waals surface area contributed by atoms with E-state index in [1.807, 2.05) is 0 Å². The van der Waals surface area contributed by atoms with Gasteiger partial charge in [-0.25, -0.2) is 0 Å². The van der Waals surface area contributed by atoms with E-state index >= 15 is 0 Å². The third-order valence-corrected chi connectivity index (χ3v) is 1.95. The zero-order chi connectivity index (χ0) is 10.8. The van der Waals surface area contributed by atoms with Crippen LogP contribution < -0.4 is 0 Å². The molecule has 0 spiro atoms. The Kier molecular flexibility index (Phi) is 1.93. The maximum absolute atomic E-state index is 5.06. The van der Waals surface area contributed by atoms with Gasteiger partial charge < -0.3 is 8.83 Å². The lowest BCUT2D eigenvalue weighted by molar-refractivity contribution is 0.566. The summed E-state index contributed by atoms with van der Waals surface area (Å²) in [6.07, 6.45) is 5.75. The molecule has 7 nitrogen and oxygen atoms in total. The second-order valence-corrected chi connectivity index (χ2v) is 2.95. The van der Waals surface area contributed by atoms with Crippen LogP contribution in [-0.2, 0) is 0 Å². The van der Waals surface area contributed by atoms with Gasteiger partial charge in [0.2, 0.25) is 24.6 Å². The molecule has 0 fully saturated rings.